The lowest BCUT2D eigenvalue weighted by Crippen LogP contribution is -2.29. The molecular weight excluding hydrogens is 209 g/mol. The van der Waals surface area contributed by atoms with Gasteiger partial charge in [0.15, 0.2) is 0 Å². The maximum Gasteiger partial charge on any atom is 0.338 e. The van der Waals surface area contributed by atoms with Gasteiger partial charge in [-0.05, 0) is 37.5 Å². The fraction of sp³-hybridized carbons (Fsp3) is 0.417. The normalized spacial score (nSPS) is 16.2. The predicted molar refractivity (Wildman–Crippen MR) is 59.4 cm³/mol. The fourth-order valence-corrected chi connectivity index (χ4v) is 2.03. The average molecular weight is 223 g/mol. The number of carbonyl (C=O) groups is 1. The van der Waals surface area contributed by atoms with Gasteiger partial charge in [0.05, 0.1) is 5.56 Å². The van der Waals surface area contributed by atoms with Crippen LogP contribution in [0.2, 0.25) is 0 Å². The largest absolute Gasteiger partial charge is 0.478 e. The number of hydrogen-bond acceptors (Lipinski definition) is 2. The second kappa shape index (κ2) is 4.51. The summed E-state index contributed by atoms with van der Waals surface area (Å²) >= 11 is 0. The van der Waals surface area contributed by atoms with Gasteiger partial charge in [-0.3, -0.25) is 0 Å². The van der Waals surface area contributed by atoms with Gasteiger partial charge < -0.3 is 10.0 Å². The number of carboxylic acid groups (broad SMARTS) is 1. The van der Waals surface area contributed by atoms with Crippen LogP contribution in [-0.2, 0) is 0 Å². The van der Waals surface area contributed by atoms with E-state index in [2.05, 4.69) is 4.90 Å². The van der Waals surface area contributed by atoms with Crippen molar-refractivity contribution in [3.05, 3.63) is 29.6 Å². The molecule has 3 nitrogen and oxygen atoms in total. The summed E-state index contributed by atoms with van der Waals surface area (Å²) in [5, 5.41) is 8.71. The van der Waals surface area contributed by atoms with E-state index in [1.165, 1.54) is 18.6 Å². The van der Waals surface area contributed by atoms with E-state index in [1.54, 1.807) is 6.07 Å². The number of nitrogens with zero attached hydrogens (tertiary/aromatic N) is 1. The maximum atomic E-state index is 13.4. The van der Waals surface area contributed by atoms with E-state index >= 15 is 0 Å². The highest BCUT2D eigenvalue weighted by molar-refractivity contribution is 5.88. The Hall–Kier alpha value is -1.58. The van der Waals surface area contributed by atoms with Crippen molar-refractivity contribution in [1.29, 1.82) is 0 Å². The molecule has 0 spiro atoms. The molecule has 86 valence electrons. The van der Waals surface area contributed by atoms with Crippen molar-refractivity contribution >= 4 is 11.7 Å². The lowest BCUT2D eigenvalue weighted by atomic mass is 10.1. The molecule has 0 radical (unpaired) electrons. The number of piperidine rings is 1. The van der Waals surface area contributed by atoms with Crippen LogP contribution in [0, 0.1) is 5.82 Å². The van der Waals surface area contributed by atoms with E-state index in [1.807, 2.05) is 0 Å². The van der Waals surface area contributed by atoms with Crippen LogP contribution in [0.3, 0.4) is 0 Å². The standard InChI is InChI=1S/C12H14FNO2/c13-11-8-9(4-5-10(11)12(15)16)14-6-2-1-3-7-14/h4-5,8H,1-3,6-7H2,(H,15,16). The summed E-state index contributed by atoms with van der Waals surface area (Å²) < 4.78 is 13.4. The first kappa shape index (κ1) is 10.9. The molecule has 1 aliphatic rings. The van der Waals surface area contributed by atoms with Crippen LogP contribution in [0.1, 0.15) is 29.6 Å². The minimum absolute atomic E-state index is 0.263. The van der Waals surface area contributed by atoms with Crippen molar-refractivity contribution in [3.8, 4) is 0 Å². The van der Waals surface area contributed by atoms with Gasteiger partial charge >= 0.3 is 5.97 Å². The van der Waals surface area contributed by atoms with E-state index < -0.39 is 11.8 Å². The number of carboxylic acids is 1. The highest BCUT2D eigenvalue weighted by atomic mass is 19.1. The average Bonchev–Trinajstić information content (AvgIpc) is 2.29. The molecule has 0 aromatic heterocycles. The summed E-state index contributed by atoms with van der Waals surface area (Å²) in [5.41, 5.74) is 0.517. The summed E-state index contributed by atoms with van der Waals surface area (Å²) in [4.78, 5) is 12.8. The van der Waals surface area contributed by atoms with Gasteiger partial charge in [0, 0.05) is 18.8 Å². The molecule has 1 fully saturated rings. The Labute approximate surface area is 93.5 Å². The number of aromatic carboxylic acids is 1. The van der Waals surface area contributed by atoms with E-state index in [4.69, 9.17) is 5.11 Å². The van der Waals surface area contributed by atoms with Crippen LogP contribution < -0.4 is 4.90 Å². The highest BCUT2D eigenvalue weighted by Gasteiger charge is 2.15. The van der Waals surface area contributed by atoms with Crippen LogP contribution in [0.5, 0.6) is 0 Å². The third kappa shape index (κ3) is 2.15. The predicted octanol–water partition coefficient (Wildman–Crippen LogP) is 2.51. The van der Waals surface area contributed by atoms with E-state index in [9.17, 15) is 9.18 Å². The topological polar surface area (TPSA) is 40.5 Å². The van der Waals surface area contributed by atoms with Crippen LogP contribution in [0.15, 0.2) is 18.2 Å². The molecule has 0 aliphatic carbocycles. The number of rotatable bonds is 2. The minimum Gasteiger partial charge on any atom is -0.478 e. The molecule has 16 heavy (non-hydrogen) atoms. The monoisotopic (exact) mass is 223 g/mol. The van der Waals surface area contributed by atoms with Crippen molar-refractivity contribution in [3.63, 3.8) is 0 Å². The molecule has 0 saturated carbocycles. The number of halogens is 1. The Morgan fingerprint density at radius 3 is 2.50 bits per heavy atom. The van der Waals surface area contributed by atoms with Crippen molar-refractivity contribution in [2.75, 3.05) is 18.0 Å². The SMILES string of the molecule is O=C(O)c1ccc(N2CCCCC2)cc1F. The lowest BCUT2D eigenvalue weighted by molar-refractivity contribution is 0.0692. The molecule has 0 bridgehead atoms. The second-order valence-corrected chi connectivity index (χ2v) is 4.02. The van der Waals surface area contributed by atoms with Crippen molar-refractivity contribution in [1.82, 2.24) is 0 Å². The van der Waals surface area contributed by atoms with Crippen LogP contribution in [0.25, 0.3) is 0 Å². The van der Waals surface area contributed by atoms with Gasteiger partial charge in [0.25, 0.3) is 0 Å². The Kier molecular flexibility index (Phi) is 3.08. The van der Waals surface area contributed by atoms with Gasteiger partial charge in [0.2, 0.25) is 0 Å². The van der Waals surface area contributed by atoms with Gasteiger partial charge in [-0.25, -0.2) is 9.18 Å². The Balaban J connectivity index is 2.23. The summed E-state index contributed by atoms with van der Waals surface area (Å²) in [5.74, 6) is -1.88. The van der Waals surface area contributed by atoms with E-state index in [0.29, 0.717) is 0 Å². The molecule has 1 aliphatic heterocycles. The van der Waals surface area contributed by atoms with Crippen LogP contribution in [0.4, 0.5) is 10.1 Å². The quantitative estimate of drug-likeness (QED) is 0.837. The molecule has 4 heteroatoms. The molecule has 1 aromatic rings. The Bertz CT molecular complexity index is 400. The number of benzene rings is 1. The second-order valence-electron chi connectivity index (χ2n) is 4.02. The summed E-state index contributed by atoms with van der Waals surface area (Å²) in [6.45, 7) is 1.84. The fourth-order valence-electron chi connectivity index (χ4n) is 2.03. The van der Waals surface area contributed by atoms with Crippen LogP contribution in [-0.4, -0.2) is 24.2 Å². The molecule has 0 amide bonds. The zero-order valence-corrected chi connectivity index (χ0v) is 8.95. The molecule has 0 unspecified atom stereocenters. The van der Waals surface area contributed by atoms with Crippen molar-refractivity contribution < 1.29 is 14.3 Å². The summed E-state index contributed by atoms with van der Waals surface area (Å²) in [7, 11) is 0. The Morgan fingerprint density at radius 2 is 1.94 bits per heavy atom. The zero-order chi connectivity index (χ0) is 11.5. The Morgan fingerprint density at radius 1 is 1.25 bits per heavy atom. The molecule has 1 saturated heterocycles. The smallest absolute Gasteiger partial charge is 0.338 e. The molecule has 2 rings (SSSR count). The number of hydrogen-bond donors (Lipinski definition) is 1. The van der Waals surface area contributed by atoms with E-state index in [0.717, 1.165) is 31.6 Å². The van der Waals surface area contributed by atoms with Gasteiger partial charge in [-0.15, -0.1) is 0 Å². The molecular formula is C12H14FNO2. The first-order valence-corrected chi connectivity index (χ1v) is 5.46. The third-order valence-corrected chi connectivity index (χ3v) is 2.90. The van der Waals surface area contributed by atoms with Gasteiger partial charge in [-0.2, -0.15) is 0 Å². The minimum atomic E-state index is -1.22. The molecule has 1 aromatic carbocycles. The third-order valence-electron chi connectivity index (χ3n) is 2.90. The summed E-state index contributed by atoms with van der Waals surface area (Å²) in [6.07, 6.45) is 3.44. The van der Waals surface area contributed by atoms with Crippen LogP contribution >= 0.6 is 0 Å². The van der Waals surface area contributed by atoms with Gasteiger partial charge in [0.1, 0.15) is 5.82 Å². The van der Waals surface area contributed by atoms with E-state index in [-0.39, 0.29) is 5.56 Å². The van der Waals surface area contributed by atoms with Crippen molar-refractivity contribution in [2.24, 2.45) is 0 Å². The van der Waals surface area contributed by atoms with Gasteiger partial charge in [-0.1, -0.05) is 0 Å². The first-order valence-electron chi connectivity index (χ1n) is 5.46. The molecule has 1 N–H and O–H groups in total. The zero-order valence-electron chi connectivity index (χ0n) is 8.95. The maximum absolute atomic E-state index is 13.4. The first-order chi connectivity index (χ1) is 7.68. The number of anilines is 1. The lowest BCUT2D eigenvalue weighted by Gasteiger charge is -2.28. The molecule has 0 atom stereocenters. The summed E-state index contributed by atoms with van der Waals surface area (Å²) in [6, 6.07) is 4.33. The highest BCUT2D eigenvalue weighted by Crippen LogP contribution is 2.22. The van der Waals surface area contributed by atoms with Crippen molar-refractivity contribution in [2.45, 2.75) is 19.3 Å². The molecule has 1 heterocycles.